The predicted molar refractivity (Wildman–Crippen MR) is 116 cm³/mol. The number of amides is 1. The lowest BCUT2D eigenvalue weighted by molar-refractivity contribution is -0.117. The first-order valence-corrected chi connectivity index (χ1v) is 10.3. The number of rotatable bonds is 7. The van der Waals surface area contributed by atoms with Crippen LogP contribution in [-0.2, 0) is 11.3 Å². The first-order chi connectivity index (χ1) is 14.5. The number of carbonyl (C=O) groups excluding carboxylic acids is 1. The molecule has 0 saturated heterocycles. The summed E-state index contributed by atoms with van der Waals surface area (Å²) in [5.74, 6) is 0.145. The Bertz CT molecular complexity index is 1080. The first kappa shape index (κ1) is 20.0. The van der Waals surface area contributed by atoms with Crippen molar-refractivity contribution in [3.63, 3.8) is 0 Å². The smallest absolute Gasteiger partial charge is 0.335 e. The normalized spacial score (nSPS) is 14.2. The highest BCUT2D eigenvalue weighted by Crippen LogP contribution is 2.29. The van der Waals surface area contributed by atoms with E-state index in [2.05, 4.69) is 9.88 Å². The zero-order chi connectivity index (χ0) is 21.1. The molecule has 0 aliphatic heterocycles. The Balaban J connectivity index is 1.54. The number of nitrogens with zero attached hydrogens (tertiary/aromatic N) is 1. The van der Waals surface area contributed by atoms with E-state index in [0.29, 0.717) is 24.6 Å². The quantitative estimate of drug-likeness (QED) is 0.584. The lowest BCUT2D eigenvalue weighted by Gasteiger charge is -2.13. The molecular formula is C24H26N2O4. The first-order valence-electron chi connectivity index (χ1n) is 10.3. The van der Waals surface area contributed by atoms with E-state index in [1.807, 2.05) is 30.5 Å². The highest BCUT2D eigenvalue weighted by molar-refractivity contribution is 5.94. The number of ether oxygens (including phenoxy) is 1. The van der Waals surface area contributed by atoms with Crippen molar-refractivity contribution >= 4 is 28.5 Å². The van der Waals surface area contributed by atoms with Crippen LogP contribution in [0.4, 0.5) is 5.69 Å². The summed E-state index contributed by atoms with van der Waals surface area (Å²) in [5, 5.41) is 13.3. The molecule has 1 heterocycles. The van der Waals surface area contributed by atoms with Crippen molar-refractivity contribution in [2.24, 2.45) is 5.92 Å². The highest BCUT2D eigenvalue weighted by Gasteiger charge is 2.18. The molecule has 2 aromatic carbocycles. The average molecular weight is 406 g/mol. The number of anilines is 1. The highest BCUT2D eigenvalue weighted by atomic mass is 16.5. The Morgan fingerprint density at radius 1 is 1.13 bits per heavy atom. The lowest BCUT2D eigenvalue weighted by Crippen LogP contribution is -2.15. The van der Waals surface area contributed by atoms with E-state index in [0.717, 1.165) is 35.0 Å². The van der Waals surface area contributed by atoms with E-state index >= 15 is 0 Å². The minimum Gasteiger partial charge on any atom is -0.496 e. The molecule has 1 fully saturated rings. The Morgan fingerprint density at radius 3 is 2.67 bits per heavy atom. The number of carboxylic acids is 1. The van der Waals surface area contributed by atoms with Gasteiger partial charge in [0.1, 0.15) is 5.75 Å². The summed E-state index contributed by atoms with van der Waals surface area (Å²) in [7, 11) is 1.54. The van der Waals surface area contributed by atoms with Crippen LogP contribution in [0, 0.1) is 5.92 Å². The molecule has 4 rings (SSSR count). The molecule has 1 aliphatic carbocycles. The van der Waals surface area contributed by atoms with Gasteiger partial charge in [0.05, 0.1) is 24.7 Å². The van der Waals surface area contributed by atoms with Crippen molar-refractivity contribution in [1.82, 2.24) is 4.57 Å². The van der Waals surface area contributed by atoms with Crippen LogP contribution in [0.1, 0.15) is 48.0 Å². The SMILES string of the molecule is COc1cc(C(=O)O)ccc1Cn1ccc2ccc(NC(=O)CC3CCCC3)cc21. The summed E-state index contributed by atoms with van der Waals surface area (Å²) < 4.78 is 7.47. The van der Waals surface area contributed by atoms with Crippen LogP contribution in [0.2, 0.25) is 0 Å². The van der Waals surface area contributed by atoms with Gasteiger partial charge in [0.15, 0.2) is 0 Å². The maximum absolute atomic E-state index is 12.4. The fourth-order valence-electron chi connectivity index (χ4n) is 4.28. The number of benzene rings is 2. The van der Waals surface area contributed by atoms with Gasteiger partial charge in [0.25, 0.3) is 0 Å². The maximum atomic E-state index is 12.4. The minimum absolute atomic E-state index is 0.0743. The van der Waals surface area contributed by atoms with Crippen LogP contribution in [0.15, 0.2) is 48.7 Å². The van der Waals surface area contributed by atoms with Gasteiger partial charge in [-0.05, 0) is 54.5 Å². The second-order valence-electron chi connectivity index (χ2n) is 7.95. The van der Waals surface area contributed by atoms with E-state index in [4.69, 9.17) is 4.74 Å². The van der Waals surface area contributed by atoms with Crippen molar-refractivity contribution in [2.45, 2.75) is 38.6 Å². The van der Waals surface area contributed by atoms with E-state index in [1.54, 1.807) is 12.1 Å². The Hall–Kier alpha value is -3.28. The summed E-state index contributed by atoms with van der Waals surface area (Å²) in [6.45, 7) is 0.534. The Labute approximate surface area is 175 Å². The van der Waals surface area contributed by atoms with Crippen molar-refractivity contribution < 1.29 is 19.4 Å². The second-order valence-corrected chi connectivity index (χ2v) is 7.95. The van der Waals surface area contributed by atoms with Crippen LogP contribution in [0.5, 0.6) is 5.75 Å². The molecule has 0 radical (unpaired) electrons. The number of aromatic nitrogens is 1. The molecule has 2 N–H and O–H groups in total. The van der Waals surface area contributed by atoms with Crippen molar-refractivity contribution in [1.29, 1.82) is 0 Å². The van der Waals surface area contributed by atoms with E-state index in [1.165, 1.54) is 26.0 Å². The predicted octanol–water partition coefficient (Wildman–Crippen LogP) is 4.92. The van der Waals surface area contributed by atoms with Crippen molar-refractivity contribution in [3.05, 3.63) is 59.8 Å². The third-order valence-electron chi connectivity index (χ3n) is 5.88. The number of fused-ring (bicyclic) bond motifs is 1. The third kappa shape index (κ3) is 4.32. The van der Waals surface area contributed by atoms with Gasteiger partial charge in [-0.1, -0.05) is 25.0 Å². The molecule has 30 heavy (non-hydrogen) atoms. The zero-order valence-corrected chi connectivity index (χ0v) is 17.1. The van der Waals surface area contributed by atoms with E-state index in [9.17, 15) is 14.7 Å². The number of carboxylic acid groups (broad SMARTS) is 1. The molecule has 0 atom stereocenters. The minimum atomic E-state index is -0.982. The van der Waals surface area contributed by atoms with Gasteiger partial charge in [-0.3, -0.25) is 4.79 Å². The third-order valence-corrected chi connectivity index (χ3v) is 5.88. The van der Waals surface area contributed by atoms with Crippen LogP contribution in [-0.4, -0.2) is 28.7 Å². The summed E-state index contributed by atoms with van der Waals surface area (Å²) in [4.78, 5) is 23.6. The molecule has 156 valence electrons. The Morgan fingerprint density at radius 2 is 1.93 bits per heavy atom. The van der Waals surface area contributed by atoms with Crippen LogP contribution >= 0.6 is 0 Å². The second kappa shape index (κ2) is 8.61. The van der Waals surface area contributed by atoms with Crippen LogP contribution in [0.3, 0.4) is 0 Å². The molecule has 1 amide bonds. The molecule has 0 spiro atoms. The Kier molecular flexibility index (Phi) is 5.74. The van der Waals surface area contributed by atoms with Crippen molar-refractivity contribution in [3.8, 4) is 5.75 Å². The molecular weight excluding hydrogens is 380 g/mol. The van der Waals surface area contributed by atoms with E-state index < -0.39 is 5.97 Å². The molecule has 3 aromatic rings. The summed E-state index contributed by atoms with van der Waals surface area (Å²) in [5.41, 5.74) is 2.87. The number of methoxy groups -OCH3 is 1. The molecule has 6 nitrogen and oxygen atoms in total. The van der Waals surface area contributed by atoms with Gasteiger partial charge in [-0.2, -0.15) is 0 Å². The molecule has 1 aliphatic rings. The molecule has 1 aromatic heterocycles. The fraction of sp³-hybridized carbons (Fsp3) is 0.333. The van der Waals surface area contributed by atoms with Crippen LogP contribution < -0.4 is 10.1 Å². The average Bonchev–Trinajstić information content (AvgIpc) is 3.38. The van der Waals surface area contributed by atoms with Gasteiger partial charge >= 0.3 is 5.97 Å². The number of nitrogens with one attached hydrogen (secondary N) is 1. The van der Waals surface area contributed by atoms with Gasteiger partial charge in [-0.25, -0.2) is 4.79 Å². The molecule has 0 bridgehead atoms. The van der Waals surface area contributed by atoms with E-state index in [-0.39, 0.29) is 11.5 Å². The fourth-order valence-corrected chi connectivity index (χ4v) is 4.28. The summed E-state index contributed by atoms with van der Waals surface area (Å²) in [6, 6.07) is 12.8. The summed E-state index contributed by atoms with van der Waals surface area (Å²) >= 11 is 0. The largest absolute Gasteiger partial charge is 0.496 e. The zero-order valence-electron chi connectivity index (χ0n) is 17.1. The lowest BCUT2D eigenvalue weighted by atomic mass is 10.0. The van der Waals surface area contributed by atoms with Gasteiger partial charge in [-0.15, -0.1) is 0 Å². The summed E-state index contributed by atoms with van der Waals surface area (Å²) in [6.07, 6.45) is 7.34. The number of aromatic carboxylic acids is 1. The molecule has 1 saturated carbocycles. The van der Waals surface area contributed by atoms with Gasteiger partial charge in [0, 0.05) is 23.9 Å². The number of carbonyl (C=O) groups is 2. The van der Waals surface area contributed by atoms with Crippen LogP contribution in [0.25, 0.3) is 10.9 Å². The molecule has 6 heteroatoms. The number of hydrogen-bond donors (Lipinski definition) is 2. The van der Waals surface area contributed by atoms with Crippen molar-refractivity contribution in [2.75, 3.05) is 12.4 Å². The van der Waals surface area contributed by atoms with Gasteiger partial charge < -0.3 is 19.7 Å². The standard InChI is InChI=1S/C24H26N2O4/c1-30-22-13-18(24(28)29)6-7-19(22)15-26-11-10-17-8-9-20(14-21(17)26)25-23(27)12-16-4-2-3-5-16/h6-11,13-14,16H,2-5,12,15H2,1H3,(H,25,27)(H,28,29). The maximum Gasteiger partial charge on any atom is 0.335 e. The topological polar surface area (TPSA) is 80.6 Å². The van der Waals surface area contributed by atoms with Gasteiger partial charge in [0.2, 0.25) is 5.91 Å². The molecule has 0 unspecified atom stereocenters. The number of hydrogen-bond acceptors (Lipinski definition) is 3. The monoisotopic (exact) mass is 406 g/mol.